The molecule has 0 spiro atoms. The Morgan fingerprint density at radius 1 is 1.00 bits per heavy atom. The van der Waals surface area contributed by atoms with Gasteiger partial charge in [0.25, 0.3) is 5.91 Å². The molecule has 1 aliphatic carbocycles. The van der Waals surface area contributed by atoms with Crippen LogP contribution in [-0.2, 0) is 20.0 Å². The van der Waals surface area contributed by atoms with Crippen molar-refractivity contribution in [1.29, 1.82) is 0 Å². The average Bonchev–Trinajstić information content (AvgIpc) is 3.40. The van der Waals surface area contributed by atoms with Crippen LogP contribution in [0.2, 0.25) is 0 Å². The van der Waals surface area contributed by atoms with Gasteiger partial charge in [0.15, 0.2) is 0 Å². The average molecular weight is 424 g/mol. The summed E-state index contributed by atoms with van der Waals surface area (Å²) in [5.41, 5.74) is 1.77. The van der Waals surface area contributed by atoms with Crippen LogP contribution in [0.15, 0.2) is 47.4 Å². The molecule has 1 fully saturated rings. The van der Waals surface area contributed by atoms with Gasteiger partial charge >= 0.3 is 0 Å². The number of aryl methyl sites for hydroxylation is 1. The van der Waals surface area contributed by atoms with Gasteiger partial charge in [0.05, 0.1) is 16.8 Å². The summed E-state index contributed by atoms with van der Waals surface area (Å²) in [6.45, 7) is 1.74. The van der Waals surface area contributed by atoms with Crippen LogP contribution in [0, 0.1) is 6.92 Å². The fraction of sp³-hybridized carbons (Fsp3) is 0.278. The first kappa shape index (κ1) is 20.3. The third-order valence-corrected chi connectivity index (χ3v) is 6.24. The second kappa shape index (κ2) is 7.53. The first-order valence-corrected chi connectivity index (χ1v) is 11.9. The second-order valence-electron chi connectivity index (χ2n) is 6.78. The fourth-order valence-corrected chi connectivity index (χ4v) is 4.41. The topological polar surface area (TPSA) is 121 Å². The van der Waals surface area contributed by atoms with Gasteiger partial charge in [-0.3, -0.25) is 9.52 Å². The molecule has 0 aliphatic heterocycles. The summed E-state index contributed by atoms with van der Waals surface area (Å²) in [5.74, 6) is -0.437. The highest BCUT2D eigenvalue weighted by Crippen LogP contribution is 2.23. The Hall–Kier alpha value is -2.43. The fourth-order valence-electron chi connectivity index (χ4n) is 2.49. The van der Waals surface area contributed by atoms with Crippen LogP contribution < -0.4 is 14.8 Å². The summed E-state index contributed by atoms with van der Waals surface area (Å²) in [4.78, 5) is 12.5. The van der Waals surface area contributed by atoms with E-state index in [4.69, 9.17) is 0 Å². The molecule has 1 saturated carbocycles. The Morgan fingerprint density at radius 3 is 2.21 bits per heavy atom. The van der Waals surface area contributed by atoms with E-state index in [-0.39, 0.29) is 16.5 Å². The lowest BCUT2D eigenvalue weighted by Gasteiger charge is -2.11. The lowest BCUT2D eigenvalue weighted by Crippen LogP contribution is -2.25. The zero-order valence-electron chi connectivity index (χ0n) is 15.4. The van der Waals surface area contributed by atoms with Crippen LogP contribution >= 0.6 is 0 Å². The molecule has 3 rings (SSSR count). The molecular formula is C18H21N3O5S2. The molecule has 2 aromatic rings. The number of amides is 1. The van der Waals surface area contributed by atoms with Gasteiger partial charge in [-0.05, 0) is 61.7 Å². The molecule has 8 nitrogen and oxygen atoms in total. The maximum absolute atomic E-state index is 12.4. The highest BCUT2D eigenvalue weighted by Gasteiger charge is 2.28. The number of anilines is 2. The lowest BCUT2D eigenvalue weighted by atomic mass is 10.1. The Morgan fingerprint density at radius 2 is 1.64 bits per heavy atom. The number of benzene rings is 2. The van der Waals surface area contributed by atoms with Crippen LogP contribution in [0.1, 0.15) is 28.8 Å². The number of sulfonamides is 2. The minimum absolute atomic E-state index is 0.00394. The molecule has 0 aromatic heterocycles. The van der Waals surface area contributed by atoms with Crippen LogP contribution in [0.3, 0.4) is 0 Å². The van der Waals surface area contributed by atoms with Gasteiger partial charge in [-0.2, -0.15) is 0 Å². The van der Waals surface area contributed by atoms with Crippen LogP contribution in [0.4, 0.5) is 11.4 Å². The maximum Gasteiger partial charge on any atom is 0.255 e. The van der Waals surface area contributed by atoms with E-state index < -0.39 is 26.0 Å². The summed E-state index contributed by atoms with van der Waals surface area (Å²) in [6, 6.07) is 10.5. The third kappa shape index (κ3) is 5.31. The van der Waals surface area contributed by atoms with Crippen molar-refractivity contribution in [3.63, 3.8) is 0 Å². The first-order chi connectivity index (χ1) is 13.0. The van der Waals surface area contributed by atoms with E-state index in [1.165, 1.54) is 30.3 Å². The normalized spacial score (nSPS) is 14.5. The van der Waals surface area contributed by atoms with Gasteiger partial charge in [-0.15, -0.1) is 0 Å². The minimum Gasteiger partial charge on any atom is -0.322 e. The zero-order valence-corrected chi connectivity index (χ0v) is 17.0. The molecule has 0 saturated heterocycles. The summed E-state index contributed by atoms with van der Waals surface area (Å²) in [5, 5.41) is 2.67. The van der Waals surface area contributed by atoms with Crippen molar-refractivity contribution < 1.29 is 21.6 Å². The summed E-state index contributed by atoms with van der Waals surface area (Å²) in [7, 11) is -7.02. The SMILES string of the molecule is Cc1ccc(NC(=O)c2ccc(S(=O)(=O)NC3CC3)cc2)cc1NS(C)(=O)=O. The Labute approximate surface area is 164 Å². The zero-order chi connectivity index (χ0) is 20.5. The van der Waals surface area contributed by atoms with Crippen molar-refractivity contribution in [3.8, 4) is 0 Å². The van der Waals surface area contributed by atoms with Crippen molar-refractivity contribution >= 4 is 37.3 Å². The van der Waals surface area contributed by atoms with Crippen molar-refractivity contribution in [2.24, 2.45) is 0 Å². The van der Waals surface area contributed by atoms with E-state index in [0.717, 1.165) is 19.1 Å². The molecular weight excluding hydrogens is 402 g/mol. The highest BCUT2D eigenvalue weighted by atomic mass is 32.2. The molecule has 0 bridgehead atoms. The van der Waals surface area contributed by atoms with Crippen LogP contribution in [0.25, 0.3) is 0 Å². The number of carbonyl (C=O) groups is 1. The van der Waals surface area contributed by atoms with E-state index in [1.807, 2.05) is 0 Å². The van der Waals surface area contributed by atoms with E-state index >= 15 is 0 Å². The Bertz CT molecular complexity index is 1110. The van der Waals surface area contributed by atoms with Gasteiger partial charge < -0.3 is 5.32 Å². The number of hydrogen-bond acceptors (Lipinski definition) is 5. The Balaban J connectivity index is 1.73. The van der Waals surface area contributed by atoms with E-state index in [2.05, 4.69) is 14.8 Å². The summed E-state index contributed by atoms with van der Waals surface area (Å²) in [6.07, 6.45) is 2.73. The first-order valence-electron chi connectivity index (χ1n) is 8.56. The molecule has 0 radical (unpaired) electrons. The largest absolute Gasteiger partial charge is 0.322 e. The van der Waals surface area contributed by atoms with Crippen molar-refractivity contribution in [3.05, 3.63) is 53.6 Å². The van der Waals surface area contributed by atoms with Gasteiger partial charge in [0, 0.05) is 17.3 Å². The predicted octanol–water partition coefficient (Wildman–Crippen LogP) is 2.06. The highest BCUT2D eigenvalue weighted by molar-refractivity contribution is 7.92. The molecule has 0 atom stereocenters. The van der Waals surface area contributed by atoms with Crippen LogP contribution in [0.5, 0.6) is 0 Å². The van der Waals surface area contributed by atoms with Gasteiger partial charge in [-0.25, -0.2) is 21.6 Å². The molecule has 10 heteroatoms. The molecule has 0 heterocycles. The van der Waals surface area contributed by atoms with E-state index in [1.54, 1.807) is 19.1 Å². The minimum atomic E-state index is -3.57. The maximum atomic E-state index is 12.4. The molecule has 2 aromatic carbocycles. The third-order valence-electron chi connectivity index (χ3n) is 4.12. The smallest absolute Gasteiger partial charge is 0.255 e. The predicted molar refractivity (Wildman–Crippen MR) is 107 cm³/mol. The van der Waals surface area contributed by atoms with Gasteiger partial charge in [-0.1, -0.05) is 6.07 Å². The molecule has 3 N–H and O–H groups in total. The standard InChI is InChI=1S/C18H21N3O5S2/c1-12-3-6-15(11-17(12)21-27(2,23)24)19-18(22)13-4-9-16(10-5-13)28(25,26)20-14-7-8-14/h3-6,9-11,14,20-21H,7-8H2,1-2H3,(H,19,22). The van der Waals surface area contributed by atoms with Gasteiger partial charge in [0.1, 0.15) is 0 Å². The number of nitrogens with one attached hydrogen (secondary N) is 3. The van der Waals surface area contributed by atoms with E-state index in [0.29, 0.717) is 16.9 Å². The number of hydrogen-bond donors (Lipinski definition) is 3. The van der Waals surface area contributed by atoms with Crippen molar-refractivity contribution in [2.75, 3.05) is 16.3 Å². The number of carbonyl (C=O) groups excluding carboxylic acids is 1. The molecule has 28 heavy (non-hydrogen) atoms. The van der Waals surface area contributed by atoms with Crippen molar-refractivity contribution in [1.82, 2.24) is 4.72 Å². The quantitative estimate of drug-likeness (QED) is 0.629. The van der Waals surface area contributed by atoms with Crippen molar-refractivity contribution in [2.45, 2.75) is 30.7 Å². The Kier molecular flexibility index (Phi) is 5.46. The number of rotatable bonds is 7. The second-order valence-corrected chi connectivity index (χ2v) is 10.2. The molecule has 0 unspecified atom stereocenters. The van der Waals surface area contributed by atoms with Crippen LogP contribution in [-0.4, -0.2) is 35.0 Å². The monoisotopic (exact) mass is 423 g/mol. The molecule has 1 aliphatic rings. The van der Waals surface area contributed by atoms with E-state index in [9.17, 15) is 21.6 Å². The molecule has 150 valence electrons. The summed E-state index contributed by atoms with van der Waals surface area (Å²) >= 11 is 0. The van der Waals surface area contributed by atoms with Gasteiger partial charge in [0.2, 0.25) is 20.0 Å². The summed E-state index contributed by atoms with van der Waals surface area (Å²) < 4.78 is 52.2. The molecule has 1 amide bonds. The lowest BCUT2D eigenvalue weighted by molar-refractivity contribution is 0.102.